The van der Waals surface area contributed by atoms with Crippen LogP contribution in [0.4, 0.5) is 5.69 Å². The predicted molar refractivity (Wildman–Crippen MR) is 57.1 cm³/mol. The molecule has 15 heavy (non-hydrogen) atoms. The van der Waals surface area contributed by atoms with E-state index in [0.29, 0.717) is 11.4 Å². The van der Waals surface area contributed by atoms with Crippen molar-refractivity contribution >= 4 is 28.4 Å². The summed E-state index contributed by atoms with van der Waals surface area (Å²) in [4.78, 5) is 21.6. The molecule has 4 nitrogen and oxygen atoms in total. The molecule has 0 aromatic heterocycles. The predicted octanol–water partition coefficient (Wildman–Crippen LogP) is 1.79. The molecule has 0 saturated heterocycles. The number of rotatable bonds is 4. The molecule has 0 spiro atoms. The molecule has 0 aliphatic rings. The van der Waals surface area contributed by atoms with E-state index in [4.69, 9.17) is 16.3 Å². The van der Waals surface area contributed by atoms with E-state index >= 15 is 0 Å². The zero-order valence-corrected chi connectivity index (χ0v) is 8.88. The summed E-state index contributed by atoms with van der Waals surface area (Å²) in [5, 5.41) is 1.85. The Kier molecular flexibility index (Phi) is 4.12. The van der Waals surface area contributed by atoms with Crippen molar-refractivity contribution in [2.45, 2.75) is 6.42 Å². The standard InChI is InChI=1S/C10H10ClNO3/c1-15-8-4-2-7(3-5-8)12-10(14)6-9(11)13/h2-5H,6H2,1H3,(H,12,14). The van der Waals surface area contributed by atoms with Gasteiger partial charge in [0, 0.05) is 5.69 Å². The van der Waals surface area contributed by atoms with Gasteiger partial charge in [0.1, 0.15) is 12.2 Å². The average molecular weight is 228 g/mol. The van der Waals surface area contributed by atoms with Gasteiger partial charge in [0.25, 0.3) is 0 Å². The highest BCUT2D eigenvalue weighted by Crippen LogP contribution is 2.15. The minimum Gasteiger partial charge on any atom is -0.497 e. The van der Waals surface area contributed by atoms with Gasteiger partial charge in [0.05, 0.1) is 7.11 Å². The highest BCUT2D eigenvalue weighted by molar-refractivity contribution is 6.65. The normalized spacial score (nSPS) is 9.47. The summed E-state index contributed by atoms with van der Waals surface area (Å²) in [6.45, 7) is 0. The summed E-state index contributed by atoms with van der Waals surface area (Å²) in [6, 6.07) is 6.77. The third-order valence-electron chi connectivity index (χ3n) is 1.67. The lowest BCUT2D eigenvalue weighted by atomic mass is 10.3. The van der Waals surface area contributed by atoms with Gasteiger partial charge in [0.2, 0.25) is 11.1 Å². The second-order valence-corrected chi connectivity index (χ2v) is 3.23. The largest absolute Gasteiger partial charge is 0.497 e. The molecule has 1 aromatic rings. The molecule has 1 amide bonds. The summed E-state index contributed by atoms with van der Waals surface area (Å²) in [6.07, 6.45) is -0.326. The maximum atomic E-state index is 11.1. The van der Waals surface area contributed by atoms with Gasteiger partial charge in [0.15, 0.2) is 0 Å². The first-order chi connectivity index (χ1) is 7.11. The van der Waals surface area contributed by atoms with Crippen LogP contribution in [0, 0.1) is 0 Å². The quantitative estimate of drug-likeness (QED) is 0.630. The van der Waals surface area contributed by atoms with E-state index in [1.54, 1.807) is 31.4 Å². The van der Waals surface area contributed by atoms with Crippen molar-refractivity contribution in [3.05, 3.63) is 24.3 Å². The Bertz CT molecular complexity index is 361. The summed E-state index contributed by atoms with van der Waals surface area (Å²) in [5.74, 6) is 0.265. The monoisotopic (exact) mass is 227 g/mol. The maximum absolute atomic E-state index is 11.1. The molecular formula is C10H10ClNO3. The third kappa shape index (κ3) is 3.99. The first-order valence-corrected chi connectivity index (χ1v) is 4.62. The molecule has 1 N–H and O–H groups in total. The number of halogens is 1. The number of hydrogen-bond acceptors (Lipinski definition) is 3. The van der Waals surface area contributed by atoms with Crippen molar-refractivity contribution < 1.29 is 14.3 Å². The van der Waals surface area contributed by atoms with Gasteiger partial charge in [-0.3, -0.25) is 9.59 Å². The van der Waals surface area contributed by atoms with Gasteiger partial charge in [-0.05, 0) is 35.9 Å². The molecular weight excluding hydrogens is 218 g/mol. The van der Waals surface area contributed by atoms with Crippen LogP contribution in [-0.4, -0.2) is 18.3 Å². The van der Waals surface area contributed by atoms with Crippen LogP contribution in [0.15, 0.2) is 24.3 Å². The van der Waals surface area contributed by atoms with E-state index in [-0.39, 0.29) is 6.42 Å². The lowest BCUT2D eigenvalue weighted by Crippen LogP contribution is -2.13. The van der Waals surface area contributed by atoms with E-state index in [0.717, 1.165) is 0 Å². The van der Waals surface area contributed by atoms with E-state index in [2.05, 4.69) is 5.32 Å². The number of anilines is 1. The van der Waals surface area contributed by atoms with Crippen molar-refractivity contribution in [1.29, 1.82) is 0 Å². The van der Waals surface area contributed by atoms with Crippen LogP contribution in [0.1, 0.15) is 6.42 Å². The minimum absolute atomic E-state index is 0.326. The van der Waals surface area contributed by atoms with Crippen LogP contribution in [0.2, 0.25) is 0 Å². The van der Waals surface area contributed by atoms with Crippen molar-refractivity contribution in [2.75, 3.05) is 12.4 Å². The average Bonchev–Trinajstić information content (AvgIpc) is 2.17. The maximum Gasteiger partial charge on any atom is 0.233 e. The van der Waals surface area contributed by atoms with Gasteiger partial charge in [-0.25, -0.2) is 0 Å². The fraction of sp³-hybridized carbons (Fsp3) is 0.200. The van der Waals surface area contributed by atoms with Crippen LogP contribution in [0.3, 0.4) is 0 Å². The second kappa shape index (κ2) is 5.36. The number of carbonyl (C=O) groups excluding carboxylic acids is 2. The van der Waals surface area contributed by atoms with Gasteiger partial charge in [-0.2, -0.15) is 0 Å². The number of ether oxygens (including phenoxy) is 1. The van der Waals surface area contributed by atoms with Crippen molar-refractivity contribution in [3.8, 4) is 5.75 Å². The molecule has 0 unspecified atom stereocenters. The number of hydrogen-bond donors (Lipinski definition) is 1. The van der Waals surface area contributed by atoms with E-state index in [1.165, 1.54) is 0 Å². The first kappa shape index (κ1) is 11.5. The summed E-state index contributed by atoms with van der Waals surface area (Å²) >= 11 is 5.07. The fourth-order valence-electron chi connectivity index (χ4n) is 1.01. The Hall–Kier alpha value is -1.55. The number of nitrogens with one attached hydrogen (secondary N) is 1. The first-order valence-electron chi connectivity index (χ1n) is 4.24. The molecule has 0 radical (unpaired) electrons. The highest BCUT2D eigenvalue weighted by Gasteiger charge is 2.06. The Morgan fingerprint density at radius 3 is 2.40 bits per heavy atom. The van der Waals surface area contributed by atoms with Gasteiger partial charge < -0.3 is 10.1 Å². The fourth-order valence-corrected chi connectivity index (χ4v) is 1.13. The molecule has 1 aromatic carbocycles. The zero-order chi connectivity index (χ0) is 11.3. The van der Waals surface area contributed by atoms with Gasteiger partial charge >= 0.3 is 0 Å². The molecule has 0 aliphatic carbocycles. The summed E-state index contributed by atoms with van der Waals surface area (Å²) < 4.78 is 4.95. The number of amides is 1. The Morgan fingerprint density at radius 2 is 1.93 bits per heavy atom. The minimum atomic E-state index is -0.680. The van der Waals surface area contributed by atoms with E-state index < -0.39 is 11.1 Å². The van der Waals surface area contributed by atoms with Crippen LogP contribution < -0.4 is 10.1 Å². The molecule has 0 atom stereocenters. The SMILES string of the molecule is COc1ccc(NC(=O)CC(=O)Cl)cc1. The molecule has 1 rings (SSSR count). The zero-order valence-electron chi connectivity index (χ0n) is 8.12. The lowest BCUT2D eigenvalue weighted by Gasteiger charge is -2.04. The number of benzene rings is 1. The Labute approximate surface area is 92.2 Å². The van der Waals surface area contributed by atoms with Gasteiger partial charge in [-0.1, -0.05) is 0 Å². The van der Waals surface area contributed by atoms with Crippen LogP contribution >= 0.6 is 11.6 Å². The molecule has 0 saturated carbocycles. The van der Waals surface area contributed by atoms with Crippen molar-refractivity contribution in [1.82, 2.24) is 0 Å². The molecule has 0 aliphatic heterocycles. The molecule has 0 heterocycles. The number of carbonyl (C=O) groups is 2. The molecule has 0 fully saturated rings. The smallest absolute Gasteiger partial charge is 0.233 e. The van der Waals surface area contributed by atoms with Crippen molar-refractivity contribution in [2.24, 2.45) is 0 Å². The number of methoxy groups -OCH3 is 1. The van der Waals surface area contributed by atoms with Crippen LogP contribution in [-0.2, 0) is 9.59 Å². The van der Waals surface area contributed by atoms with Crippen LogP contribution in [0.5, 0.6) is 5.75 Å². The molecule has 0 bridgehead atoms. The summed E-state index contributed by atoms with van der Waals surface area (Å²) in [5.41, 5.74) is 0.596. The lowest BCUT2D eigenvalue weighted by molar-refractivity contribution is -0.121. The Balaban J connectivity index is 2.57. The van der Waals surface area contributed by atoms with Crippen LogP contribution in [0.25, 0.3) is 0 Å². The van der Waals surface area contributed by atoms with E-state index in [9.17, 15) is 9.59 Å². The third-order valence-corrected chi connectivity index (χ3v) is 1.81. The molecule has 5 heteroatoms. The van der Waals surface area contributed by atoms with E-state index in [1.807, 2.05) is 0 Å². The molecule has 80 valence electrons. The Morgan fingerprint density at radius 1 is 1.33 bits per heavy atom. The second-order valence-electron chi connectivity index (χ2n) is 2.81. The highest BCUT2D eigenvalue weighted by atomic mass is 35.5. The van der Waals surface area contributed by atoms with Crippen molar-refractivity contribution in [3.63, 3.8) is 0 Å². The summed E-state index contributed by atoms with van der Waals surface area (Å²) in [7, 11) is 1.56. The topological polar surface area (TPSA) is 55.4 Å². The van der Waals surface area contributed by atoms with Gasteiger partial charge in [-0.15, -0.1) is 0 Å².